The monoisotopic (exact) mass is 673 g/mol. The van der Waals surface area contributed by atoms with Gasteiger partial charge in [-0.25, -0.2) is 4.85 Å². The van der Waals surface area contributed by atoms with Gasteiger partial charge >= 0.3 is 0 Å². The molecule has 0 unspecified atom stereocenters. The summed E-state index contributed by atoms with van der Waals surface area (Å²) in [7, 11) is 0. The first-order valence-electron chi connectivity index (χ1n) is 17.9. The highest BCUT2D eigenvalue weighted by atomic mass is 16.3. The number of furan rings is 1. The maximum Gasteiger partial charge on any atom is 0.187 e. The van der Waals surface area contributed by atoms with Gasteiger partial charge in [0.15, 0.2) is 5.69 Å². The second-order valence-corrected chi connectivity index (χ2v) is 13.9. The van der Waals surface area contributed by atoms with Gasteiger partial charge in [-0.3, -0.25) is 0 Å². The second kappa shape index (κ2) is 10.4. The molecular formula is C49H27N3O. The number of fused-ring (bicyclic) bond motifs is 17. The van der Waals surface area contributed by atoms with E-state index in [1.54, 1.807) is 0 Å². The Kier molecular flexibility index (Phi) is 5.54. The third-order valence-corrected chi connectivity index (χ3v) is 11.3. The highest BCUT2D eigenvalue weighted by Gasteiger charge is 2.24. The van der Waals surface area contributed by atoms with E-state index >= 15 is 0 Å². The first kappa shape index (κ1) is 28.4. The van der Waals surface area contributed by atoms with Crippen molar-refractivity contribution in [2.75, 3.05) is 0 Å². The quantitative estimate of drug-likeness (QED) is 0.133. The third-order valence-electron chi connectivity index (χ3n) is 11.3. The van der Waals surface area contributed by atoms with E-state index in [-0.39, 0.29) is 0 Å². The number of rotatable bonds is 2. The van der Waals surface area contributed by atoms with E-state index in [0.29, 0.717) is 5.69 Å². The maximum absolute atomic E-state index is 7.68. The Morgan fingerprint density at radius 3 is 1.79 bits per heavy atom. The Bertz CT molecular complexity index is 3560. The molecular weight excluding hydrogens is 647 g/mol. The summed E-state index contributed by atoms with van der Waals surface area (Å²) >= 11 is 0. The van der Waals surface area contributed by atoms with Crippen LogP contribution < -0.4 is 0 Å². The zero-order chi connectivity index (χ0) is 34.8. The van der Waals surface area contributed by atoms with Gasteiger partial charge in [0.2, 0.25) is 0 Å². The van der Waals surface area contributed by atoms with Crippen molar-refractivity contribution in [3.63, 3.8) is 0 Å². The molecule has 0 fully saturated rings. The minimum atomic E-state index is 0.652. The molecule has 0 atom stereocenters. The molecule has 0 amide bonds. The average molecular weight is 674 g/mol. The average Bonchev–Trinajstić information content (AvgIpc) is 3.88. The van der Waals surface area contributed by atoms with Crippen molar-refractivity contribution >= 4 is 104 Å². The van der Waals surface area contributed by atoms with Gasteiger partial charge < -0.3 is 13.6 Å². The van der Waals surface area contributed by atoms with Crippen LogP contribution in [0.2, 0.25) is 0 Å². The third kappa shape index (κ3) is 3.73. The van der Waals surface area contributed by atoms with Crippen LogP contribution in [0.4, 0.5) is 5.69 Å². The lowest BCUT2D eigenvalue weighted by Gasteiger charge is -2.14. The Labute approximate surface area is 302 Å². The molecule has 0 aliphatic carbocycles. The van der Waals surface area contributed by atoms with E-state index in [1.807, 2.05) is 18.2 Å². The Balaban J connectivity index is 1.29. The van der Waals surface area contributed by atoms with Crippen LogP contribution in [-0.4, -0.2) is 9.13 Å². The van der Waals surface area contributed by atoms with Crippen molar-refractivity contribution in [1.82, 2.24) is 9.13 Å². The second-order valence-electron chi connectivity index (χ2n) is 13.9. The maximum atomic E-state index is 7.68. The summed E-state index contributed by atoms with van der Waals surface area (Å²) in [6.07, 6.45) is 0. The molecule has 244 valence electrons. The van der Waals surface area contributed by atoms with Crippen LogP contribution in [-0.2, 0) is 0 Å². The molecule has 3 aromatic heterocycles. The fraction of sp³-hybridized carbons (Fsp3) is 0. The number of hydrogen-bond acceptors (Lipinski definition) is 1. The van der Waals surface area contributed by atoms with E-state index < -0.39 is 0 Å². The van der Waals surface area contributed by atoms with E-state index in [4.69, 9.17) is 11.0 Å². The molecule has 3 heterocycles. The van der Waals surface area contributed by atoms with E-state index in [1.165, 1.54) is 32.4 Å². The highest BCUT2D eigenvalue weighted by Crippen LogP contribution is 2.46. The van der Waals surface area contributed by atoms with Gasteiger partial charge in [-0.05, 0) is 99.0 Å². The lowest BCUT2D eigenvalue weighted by atomic mass is 9.93. The summed E-state index contributed by atoms with van der Waals surface area (Å²) in [5, 5.41) is 13.8. The first-order valence-corrected chi connectivity index (χ1v) is 17.9. The van der Waals surface area contributed by atoms with Gasteiger partial charge in [0.25, 0.3) is 0 Å². The number of benzene rings is 9. The number of hydrogen-bond donors (Lipinski definition) is 0. The molecule has 53 heavy (non-hydrogen) atoms. The van der Waals surface area contributed by atoms with E-state index in [2.05, 4.69) is 160 Å². The summed E-state index contributed by atoms with van der Waals surface area (Å²) in [5.41, 5.74) is 9.24. The van der Waals surface area contributed by atoms with E-state index in [9.17, 15) is 0 Å². The minimum absolute atomic E-state index is 0.652. The summed E-state index contributed by atoms with van der Waals surface area (Å²) < 4.78 is 11.6. The molecule has 0 aliphatic rings. The zero-order valence-corrected chi connectivity index (χ0v) is 28.3. The molecule has 4 nitrogen and oxygen atoms in total. The fourth-order valence-corrected chi connectivity index (χ4v) is 9.09. The predicted octanol–water partition coefficient (Wildman–Crippen LogP) is 13.8. The van der Waals surface area contributed by atoms with Crippen LogP contribution in [0.25, 0.3) is 114 Å². The van der Waals surface area contributed by atoms with Crippen LogP contribution in [0.3, 0.4) is 0 Å². The summed E-state index contributed by atoms with van der Waals surface area (Å²) in [4.78, 5) is 3.75. The van der Waals surface area contributed by atoms with Gasteiger partial charge in [0.05, 0.1) is 34.0 Å². The molecule has 0 saturated carbocycles. The normalized spacial score (nSPS) is 12.1. The van der Waals surface area contributed by atoms with Crippen molar-refractivity contribution in [2.45, 2.75) is 0 Å². The largest absolute Gasteiger partial charge is 0.455 e. The lowest BCUT2D eigenvalue weighted by Crippen LogP contribution is -1.96. The van der Waals surface area contributed by atoms with Gasteiger partial charge in [-0.2, -0.15) is 0 Å². The lowest BCUT2D eigenvalue weighted by molar-refractivity contribution is 0.673. The fourth-order valence-electron chi connectivity index (χ4n) is 9.09. The van der Waals surface area contributed by atoms with Crippen LogP contribution in [0, 0.1) is 6.57 Å². The van der Waals surface area contributed by atoms with Crippen molar-refractivity contribution in [2.24, 2.45) is 0 Å². The number of nitrogens with zero attached hydrogens (tertiary/aromatic N) is 3. The van der Waals surface area contributed by atoms with Gasteiger partial charge in [-0.1, -0.05) is 97.1 Å². The van der Waals surface area contributed by atoms with Crippen LogP contribution in [0.15, 0.2) is 168 Å². The zero-order valence-electron chi connectivity index (χ0n) is 28.3. The molecule has 4 heteroatoms. The van der Waals surface area contributed by atoms with Gasteiger partial charge in [-0.15, -0.1) is 0 Å². The molecule has 0 aliphatic heterocycles. The highest BCUT2D eigenvalue weighted by molar-refractivity contribution is 6.31. The van der Waals surface area contributed by atoms with Crippen molar-refractivity contribution < 1.29 is 4.42 Å². The van der Waals surface area contributed by atoms with Crippen molar-refractivity contribution in [3.8, 4) is 11.4 Å². The molecule has 0 saturated heterocycles. The molecule has 12 rings (SSSR count). The Morgan fingerprint density at radius 2 is 1.00 bits per heavy atom. The van der Waals surface area contributed by atoms with Crippen LogP contribution >= 0.6 is 0 Å². The van der Waals surface area contributed by atoms with Crippen molar-refractivity contribution in [1.29, 1.82) is 0 Å². The molecule has 0 N–H and O–H groups in total. The van der Waals surface area contributed by atoms with Gasteiger partial charge in [0, 0.05) is 38.3 Å². The summed E-state index contributed by atoms with van der Waals surface area (Å²) in [6, 6.07) is 58.4. The summed E-state index contributed by atoms with van der Waals surface area (Å²) in [6.45, 7) is 7.68. The van der Waals surface area contributed by atoms with Crippen LogP contribution in [0.1, 0.15) is 0 Å². The SMILES string of the molecule is [C-]#[N+]c1ccc2c3ccc(-n4c5ccc6c7ccccc7oc6c5c5ccc6c(c7ccccc7n6-c6ccccc6)c54)cc3c3ccccc3c2c1. The predicted molar refractivity (Wildman–Crippen MR) is 221 cm³/mol. The minimum Gasteiger partial charge on any atom is -0.455 e. The Hall–Kier alpha value is -7.35. The van der Waals surface area contributed by atoms with Crippen molar-refractivity contribution in [3.05, 3.63) is 175 Å². The topological polar surface area (TPSA) is 27.4 Å². The molecule has 0 bridgehead atoms. The van der Waals surface area contributed by atoms with E-state index in [0.717, 1.165) is 76.8 Å². The number of aromatic nitrogens is 2. The van der Waals surface area contributed by atoms with Crippen LogP contribution in [0.5, 0.6) is 0 Å². The first-order chi connectivity index (χ1) is 26.3. The standard InChI is InChI=1S/C49H27N3O/c1-50-29-19-21-34-35-22-20-31(28-41(35)33-14-6-5-13-32(33)40(34)27-29)52-44-25-23-37-36-15-8-10-18-45(36)53-49(37)47(44)39-24-26-43-46(48(39)52)38-16-7-9-17-42(38)51(43)30-11-3-2-4-12-30/h2-28H. The molecule has 9 aromatic carbocycles. The smallest absolute Gasteiger partial charge is 0.187 e. The number of para-hydroxylation sites is 3. The van der Waals surface area contributed by atoms with Gasteiger partial charge in [0.1, 0.15) is 11.2 Å². The molecule has 0 radical (unpaired) electrons. The Morgan fingerprint density at radius 1 is 0.396 bits per heavy atom. The molecule has 0 spiro atoms. The summed E-state index contributed by atoms with van der Waals surface area (Å²) in [5.74, 6) is 0. The molecule has 12 aromatic rings.